The van der Waals surface area contributed by atoms with Crippen LogP contribution in [0.25, 0.3) is 0 Å². The van der Waals surface area contributed by atoms with Gasteiger partial charge in [0.2, 0.25) is 0 Å². The van der Waals surface area contributed by atoms with Crippen molar-refractivity contribution in [2.24, 2.45) is 10.8 Å². The van der Waals surface area contributed by atoms with E-state index < -0.39 is 12.2 Å². The van der Waals surface area contributed by atoms with Gasteiger partial charge in [-0.05, 0) is 49.4 Å². The summed E-state index contributed by atoms with van der Waals surface area (Å²) in [6, 6.07) is 0. The highest BCUT2D eigenvalue weighted by Gasteiger charge is 2.30. The highest BCUT2D eigenvalue weighted by molar-refractivity contribution is 5.83. The van der Waals surface area contributed by atoms with Crippen molar-refractivity contribution in [2.45, 2.75) is 119 Å². The zero-order valence-corrected chi connectivity index (χ0v) is 20.1. The molecule has 0 aromatic rings. The van der Waals surface area contributed by atoms with Crippen molar-refractivity contribution >= 4 is 12.2 Å². The number of ether oxygens (including phenoxy) is 1. The SMILES string of the molecule is CCCC(CCC)(CCC)CNC(=O)OC(=O)NCC(CCC)(CCC)CCC. The summed E-state index contributed by atoms with van der Waals surface area (Å²) < 4.78 is 5.01. The second-order valence-electron chi connectivity index (χ2n) is 8.88. The first-order chi connectivity index (χ1) is 13.9. The van der Waals surface area contributed by atoms with Crippen molar-refractivity contribution in [3.63, 3.8) is 0 Å². The van der Waals surface area contributed by atoms with E-state index in [0.29, 0.717) is 13.1 Å². The maximum Gasteiger partial charge on any atom is 0.416 e. The minimum atomic E-state index is -0.637. The molecular weight excluding hydrogens is 364 g/mol. The smallest absolute Gasteiger partial charge is 0.359 e. The molecule has 172 valence electrons. The van der Waals surface area contributed by atoms with Gasteiger partial charge in [0, 0.05) is 13.1 Å². The maximum atomic E-state index is 12.2. The summed E-state index contributed by atoms with van der Waals surface area (Å²) in [5.74, 6) is 0. The molecule has 0 rings (SSSR count). The fourth-order valence-corrected chi connectivity index (χ4v) is 5.14. The van der Waals surface area contributed by atoms with Crippen molar-refractivity contribution in [1.29, 1.82) is 0 Å². The van der Waals surface area contributed by atoms with Crippen molar-refractivity contribution in [3.05, 3.63) is 0 Å². The van der Waals surface area contributed by atoms with Gasteiger partial charge in [-0.2, -0.15) is 0 Å². The van der Waals surface area contributed by atoms with Gasteiger partial charge in [0.1, 0.15) is 0 Å². The zero-order chi connectivity index (χ0) is 22.2. The van der Waals surface area contributed by atoms with Crippen LogP contribution in [0.2, 0.25) is 0 Å². The number of amides is 2. The molecule has 0 atom stereocenters. The van der Waals surface area contributed by atoms with Gasteiger partial charge in [0.15, 0.2) is 0 Å². The van der Waals surface area contributed by atoms with Crippen LogP contribution in [0.3, 0.4) is 0 Å². The number of nitrogens with one attached hydrogen (secondary N) is 2. The monoisotopic (exact) mass is 412 g/mol. The minimum Gasteiger partial charge on any atom is -0.359 e. The van der Waals surface area contributed by atoms with Gasteiger partial charge in [-0.15, -0.1) is 0 Å². The van der Waals surface area contributed by atoms with E-state index in [4.69, 9.17) is 4.74 Å². The third-order valence-electron chi connectivity index (χ3n) is 6.08. The predicted octanol–water partition coefficient (Wildman–Crippen LogP) is 7.20. The predicted molar refractivity (Wildman–Crippen MR) is 122 cm³/mol. The average Bonchev–Trinajstić information content (AvgIpc) is 2.66. The molecule has 5 nitrogen and oxygen atoms in total. The molecule has 0 spiro atoms. The highest BCUT2D eigenvalue weighted by atomic mass is 16.6. The van der Waals surface area contributed by atoms with Crippen LogP contribution < -0.4 is 10.6 Å². The molecule has 2 amide bonds. The third kappa shape index (κ3) is 10.9. The van der Waals surface area contributed by atoms with E-state index in [-0.39, 0.29) is 10.8 Å². The lowest BCUT2D eigenvalue weighted by molar-refractivity contribution is 0.132. The van der Waals surface area contributed by atoms with E-state index in [1.54, 1.807) is 0 Å². The Morgan fingerprint density at radius 1 is 0.552 bits per heavy atom. The van der Waals surface area contributed by atoms with Gasteiger partial charge in [-0.25, -0.2) is 9.59 Å². The summed E-state index contributed by atoms with van der Waals surface area (Å²) in [7, 11) is 0. The van der Waals surface area contributed by atoms with Crippen LogP contribution >= 0.6 is 0 Å². The normalized spacial score (nSPS) is 11.9. The second kappa shape index (κ2) is 15.6. The fourth-order valence-electron chi connectivity index (χ4n) is 5.14. The molecule has 0 aromatic carbocycles. The summed E-state index contributed by atoms with van der Waals surface area (Å²) in [5.41, 5.74) is 0.207. The Labute approximate surface area is 180 Å². The van der Waals surface area contributed by atoms with Crippen LogP contribution in [0.1, 0.15) is 119 Å². The molecule has 0 bridgehead atoms. The Balaban J connectivity index is 4.72. The van der Waals surface area contributed by atoms with Crippen LogP contribution in [-0.2, 0) is 4.74 Å². The quantitative estimate of drug-likeness (QED) is 0.263. The average molecular weight is 413 g/mol. The van der Waals surface area contributed by atoms with E-state index in [0.717, 1.165) is 77.0 Å². The lowest BCUT2D eigenvalue weighted by atomic mass is 9.75. The first-order valence-corrected chi connectivity index (χ1v) is 12.1. The molecule has 0 aliphatic carbocycles. The summed E-state index contributed by atoms with van der Waals surface area (Å²) >= 11 is 0. The molecule has 0 radical (unpaired) electrons. The summed E-state index contributed by atoms with van der Waals surface area (Å²) in [6.45, 7) is 14.2. The van der Waals surface area contributed by atoms with Crippen LogP contribution in [0.5, 0.6) is 0 Å². The molecule has 29 heavy (non-hydrogen) atoms. The number of carbonyl (C=O) groups excluding carboxylic acids is 2. The molecule has 0 saturated carbocycles. The van der Waals surface area contributed by atoms with E-state index in [2.05, 4.69) is 52.2 Å². The van der Waals surface area contributed by atoms with E-state index >= 15 is 0 Å². The van der Waals surface area contributed by atoms with Crippen molar-refractivity contribution in [3.8, 4) is 0 Å². The number of alkyl carbamates (subject to hydrolysis) is 2. The Bertz CT molecular complexity index is 377. The Kier molecular flexibility index (Phi) is 14.9. The summed E-state index contributed by atoms with van der Waals surface area (Å²) in [6.07, 6.45) is 11.7. The summed E-state index contributed by atoms with van der Waals surface area (Å²) in [5, 5.41) is 5.72. The van der Waals surface area contributed by atoms with E-state index in [9.17, 15) is 9.59 Å². The topological polar surface area (TPSA) is 67.4 Å². The van der Waals surface area contributed by atoms with Crippen molar-refractivity contribution < 1.29 is 14.3 Å². The first kappa shape index (κ1) is 27.7. The van der Waals surface area contributed by atoms with Gasteiger partial charge in [0.05, 0.1) is 0 Å². The van der Waals surface area contributed by atoms with Gasteiger partial charge in [-0.3, -0.25) is 0 Å². The largest absolute Gasteiger partial charge is 0.416 e. The molecular formula is C24H48N2O3. The molecule has 0 aliphatic rings. The Hall–Kier alpha value is -1.26. The third-order valence-corrected chi connectivity index (χ3v) is 6.08. The van der Waals surface area contributed by atoms with Crippen LogP contribution in [-0.4, -0.2) is 25.3 Å². The van der Waals surface area contributed by atoms with Gasteiger partial charge >= 0.3 is 12.2 Å². The Morgan fingerprint density at radius 2 is 0.793 bits per heavy atom. The van der Waals surface area contributed by atoms with Gasteiger partial charge in [0.25, 0.3) is 0 Å². The number of rotatable bonds is 16. The maximum absolute atomic E-state index is 12.2. The minimum absolute atomic E-state index is 0.103. The lowest BCUT2D eigenvalue weighted by Crippen LogP contribution is -2.42. The number of hydrogen-bond donors (Lipinski definition) is 2. The zero-order valence-electron chi connectivity index (χ0n) is 20.1. The number of hydrogen-bond acceptors (Lipinski definition) is 3. The fraction of sp³-hybridized carbons (Fsp3) is 0.917. The van der Waals surface area contributed by atoms with E-state index in [1.807, 2.05) is 0 Å². The highest BCUT2D eigenvalue weighted by Crippen LogP contribution is 2.35. The van der Waals surface area contributed by atoms with Crippen LogP contribution in [0.15, 0.2) is 0 Å². The Morgan fingerprint density at radius 3 is 1.00 bits per heavy atom. The molecule has 2 N–H and O–H groups in total. The van der Waals surface area contributed by atoms with Gasteiger partial charge in [-0.1, -0.05) is 80.1 Å². The van der Waals surface area contributed by atoms with Crippen molar-refractivity contribution in [1.82, 2.24) is 10.6 Å². The molecule has 0 unspecified atom stereocenters. The van der Waals surface area contributed by atoms with Gasteiger partial charge < -0.3 is 15.4 Å². The molecule has 5 heteroatoms. The van der Waals surface area contributed by atoms with Crippen LogP contribution in [0, 0.1) is 10.8 Å². The molecule has 0 fully saturated rings. The van der Waals surface area contributed by atoms with E-state index in [1.165, 1.54) is 0 Å². The molecule has 0 heterocycles. The molecule has 0 saturated heterocycles. The standard InChI is InChI=1S/C24H48N2O3/c1-7-13-23(14-8-2,15-9-3)19-25-21(27)29-22(28)26-20-24(16-10-4,17-11-5)18-12-6/h7-20H2,1-6H3,(H,25,27)(H,26,28). The van der Waals surface area contributed by atoms with Crippen LogP contribution in [0.4, 0.5) is 9.59 Å². The molecule has 0 aliphatic heterocycles. The number of carbonyl (C=O) groups is 2. The summed E-state index contributed by atoms with van der Waals surface area (Å²) in [4.78, 5) is 24.4. The first-order valence-electron chi connectivity index (χ1n) is 12.1. The lowest BCUT2D eigenvalue weighted by Gasteiger charge is -2.34. The molecule has 0 aromatic heterocycles. The second-order valence-corrected chi connectivity index (χ2v) is 8.88. The van der Waals surface area contributed by atoms with Crippen molar-refractivity contribution in [2.75, 3.05) is 13.1 Å².